The van der Waals surface area contributed by atoms with Crippen LogP contribution in [-0.4, -0.2) is 18.7 Å². The number of carbonyl (C=O) groups excluding carboxylic acids is 1. The smallest absolute Gasteiger partial charge is 0.272 e. The van der Waals surface area contributed by atoms with E-state index in [1.54, 1.807) is 30.5 Å². The summed E-state index contributed by atoms with van der Waals surface area (Å²) in [4.78, 5) is 12.3. The molecule has 0 unspecified atom stereocenters. The van der Waals surface area contributed by atoms with E-state index in [4.69, 9.17) is 21.1 Å². The molecule has 31 heavy (non-hydrogen) atoms. The molecule has 3 aromatic carbocycles. The Morgan fingerprint density at radius 3 is 2.45 bits per heavy atom. The zero-order valence-corrected chi connectivity index (χ0v) is 20.5. The average molecular weight is 567 g/mol. The van der Waals surface area contributed by atoms with Crippen LogP contribution in [0.5, 0.6) is 11.5 Å². The van der Waals surface area contributed by atoms with E-state index in [0.717, 1.165) is 15.6 Å². The lowest BCUT2D eigenvalue weighted by atomic mass is 10.2. The molecule has 0 aromatic heterocycles. The number of halogens is 3. The van der Waals surface area contributed by atoms with Crippen LogP contribution < -0.4 is 14.9 Å². The lowest BCUT2D eigenvalue weighted by molar-refractivity contribution is 0.0954. The van der Waals surface area contributed by atoms with Gasteiger partial charge in [0.2, 0.25) is 0 Å². The molecule has 3 aromatic rings. The summed E-state index contributed by atoms with van der Waals surface area (Å²) >= 11 is 12.8. The average Bonchev–Trinajstić information content (AvgIpc) is 2.76. The quantitative estimate of drug-likeness (QED) is 0.247. The summed E-state index contributed by atoms with van der Waals surface area (Å²) in [5, 5.41) is 4.75. The van der Waals surface area contributed by atoms with Gasteiger partial charge in [0.25, 0.3) is 5.91 Å². The topological polar surface area (TPSA) is 59.9 Å². The number of nitrogens with zero attached hydrogens (tertiary/aromatic N) is 1. The van der Waals surface area contributed by atoms with Crippen LogP contribution in [0.15, 0.2) is 74.7 Å². The van der Waals surface area contributed by atoms with Crippen molar-refractivity contribution in [3.8, 4) is 11.5 Å². The molecule has 3 rings (SSSR count). The largest absolute Gasteiger partial charge is 0.490 e. The number of benzene rings is 3. The molecule has 0 radical (unpaired) electrons. The Bertz CT molecular complexity index is 1090. The Hall–Kier alpha value is -2.35. The standard InChI is InChI=1S/C23H19Br2ClN2O3/c1-2-30-21-11-16(13-27-28-23(29)18-5-3-4-6-19(18)24)20(25)12-22(21)31-14-15-7-9-17(26)10-8-15/h3-13H,2,14H2,1H3,(H,28,29)/b27-13-. The molecule has 0 atom stereocenters. The highest BCUT2D eigenvalue weighted by Crippen LogP contribution is 2.34. The van der Waals surface area contributed by atoms with E-state index >= 15 is 0 Å². The third-order valence-corrected chi connectivity index (χ3v) is 5.79. The Morgan fingerprint density at radius 1 is 1.03 bits per heavy atom. The van der Waals surface area contributed by atoms with E-state index in [1.165, 1.54) is 0 Å². The van der Waals surface area contributed by atoms with Gasteiger partial charge in [0.1, 0.15) is 6.61 Å². The van der Waals surface area contributed by atoms with Gasteiger partial charge in [0.15, 0.2) is 11.5 Å². The Labute approximate surface area is 202 Å². The fraction of sp³-hybridized carbons (Fsp3) is 0.130. The van der Waals surface area contributed by atoms with E-state index in [-0.39, 0.29) is 5.91 Å². The minimum atomic E-state index is -0.312. The van der Waals surface area contributed by atoms with E-state index in [0.29, 0.717) is 39.8 Å². The molecule has 0 fully saturated rings. The van der Waals surface area contributed by atoms with Gasteiger partial charge in [0, 0.05) is 19.5 Å². The van der Waals surface area contributed by atoms with Crippen LogP contribution >= 0.6 is 43.5 Å². The molecule has 1 N–H and O–H groups in total. The Morgan fingerprint density at radius 2 is 1.74 bits per heavy atom. The highest BCUT2D eigenvalue weighted by molar-refractivity contribution is 9.10. The molecular formula is C23H19Br2ClN2O3. The predicted molar refractivity (Wildman–Crippen MR) is 130 cm³/mol. The second kappa shape index (κ2) is 11.3. The third kappa shape index (κ3) is 6.56. The monoisotopic (exact) mass is 564 g/mol. The normalized spacial score (nSPS) is 10.8. The van der Waals surface area contributed by atoms with Gasteiger partial charge in [-0.25, -0.2) is 5.43 Å². The van der Waals surface area contributed by atoms with E-state index in [2.05, 4.69) is 42.4 Å². The lowest BCUT2D eigenvalue weighted by Gasteiger charge is -2.14. The molecule has 5 nitrogen and oxygen atoms in total. The minimum absolute atomic E-state index is 0.312. The van der Waals surface area contributed by atoms with Gasteiger partial charge >= 0.3 is 0 Å². The summed E-state index contributed by atoms with van der Waals surface area (Å²) in [6.45, 7) is 2.75. The summed E-state index contributed by atoms with van der Waals surface area (Å²) in [6, 6.07) is 18.2. The maximum absolute atomic E-state index is 12.3. The van der Waals surface area contributed by atoms with Gasteiger partial charge in [0.05, 0.1) is 18.4 Å². The molecule has 8 heteroatoms. The second-order valence-corrected chi connectivity index (χ2v) is 8.49. The molecule has 160 valence electrons. The number of hydrogen-bond donors (Lipinski definition) is 1. The van der Waals surface area contributed by atoms with Crippen molar-refractivity contribution in [2.24, 2.45) is 5.10 Å². The van der Waals surface area contributed by atoms with Crippen molar-refractivity contribution in [3.63, 3.8) is 0 Å². The zero-order valence-electron chi connectivity index (χ0n) is 16.6. The number of carbonyl (C=O) groups is 1. The first-order valence-electron chi connectivity index (χ1n) is 9.39. The highest BCUT2D eigenvalue weighted by atomic mass is 79.9. The summed E-state index contributed by atoms with van der Waals surface area (Å²) in [7, 11) is 0. The second-order valence-electron chi connectivity index (χ2n) is 6.35. The number of nitrogens with one attached hydrogen (secondary N) is 1. The van der Waals surface area contributed by atoms with Crippen LogP contribution in [0, 0.1) is 0 Å². The molecule has 0 aliphatic heterocycles. The van der Waals surface area contributed by atoms with Crippen LogP contribution in [0.4, 0.5) is 0 Å². The SMILES string of the molecule is CCOc1cc(/C=N\NC(=O)c2ccccc2Br)c(Br)cc1OCc1ccc(Cl)cc1. The van der Waals surface area contributed by atoms with Crippen LogP contribution in [0.25, 0.3) is 0 Å². The lowest BCUT2D eigenvalue weighted by Crippen LogP contribution is -2.18. The van der Waals surface area contributed by atoms with E-state index in [1.807, 2.05) is 43.3 Å². The van der Waals surface area contributed by atoms with Gasteiger partial charge in [-0.2, -0.15) is 5.10 Å². The molecule has 0 saturated heterocycles. The van der Waals surface area contributed by atoms with Gasteiger partial charge in [-0.05, 0) is 80.7 Å². The van der Waals surface area contributed by atoms with E-state index < -0.39 is 0 Å². The van der Waals surface area contributed by atoms with Gasteiger partial charge < -0.3 is 9.47 Å². The molecule has 1 amide bonds. The number of hydrazone groups is 1. The number of amides is 1. The first-order chi connectivity index (χ1) is 15.0. The maximum atomic E-state index is 12.3. The summed E-state index contributed by atoms with van der Waals surface area (Å²) in [5.41, 5.74) is 4.75. The van der Waals surface area contributed by atoms with Crippen molar-refractivity contribution in [1.82, 2.24) is 5.43 Å². The molecule has 0 saturated carbocycles. The molecule has 0 spiro atoms. The third-order valence-electron chi connectivity index (χ3n) is 4.16. The Kier molecular flexibility index (Phi) is 8.51. The first-order valence-corrected chi connectivity index (χ1v) is 11.4. The summed E-state index contributed by atoms with van der Waals surface area (Å²) in [5.74, 6) is 0.865. The minimum Gasteiger partial charge on any atom is -0.490 e. The zero-order chi connectivity index (χ0) is 22.2. The molecular weight excluding hydrogens is 548 g/mol. The number of hydrogen-bond acceptors (Lipinski definition) is 4. The number of rotatable bonds is 8. The van der Waals surface area contributed by atoms with Crippen molar-refractivity contribution < 1.29 is 14.3 Å². The predicted octanol–water partition coefficient (Wildman–Crippen LogP) is 6.61. The Balaban J connectivity index is 1.73. The van der Waals surface area contributed by atoms with Crippen molar-refractivity contribution in [2.45, 2.75) is 13.5 Å². The van der Waals surface area contributed by atoms with Gasteiger partial charge in [-0.1, -0.05) is 35.9 Å². The maximum Gasteiger partial charge on any atom is 0.272 e. The van der Waals surface area contributed by atoms with Crippen LogP contribution in [0.1, 0.15) is 28.4 Å². The van der Waals surface area contributed by atoms with Crippen LogP contribution in [-0.2, 0) is 6.61 Å². The first kappa shape index (κ1) is 23.3. The van der Waals surface area contributed by atoms with Crippen molar-refractivity contribution in [2.75, 3.05) is 6.61 Å². The van der Waals surface area contributed by atoms with Crippen molar-refractivity contribution in [1.29, 1.82) is 0 Å². The van der Waals surface area contributed by atoms with Gasteiger partial charge in [-0.15, -0.1) is 0 Å². The summed E-state index contributed by atoms with van der Waals surface area (Å²) < 4.78 is 13.1. The van der Waals surface area contributed by atoms with Gasteiger partial charge in [-0.3, -0.25) is 4.79 Å². The van der Waals surface area contributed by atoms with Crippen LogP contribution in [0.3, 0.4) is 0 Å². The fourth-order valence-corrected chi connectivity index (χ4v) is 3.65. The van der Waals surface area contributed by atoms with Crippen LogP contribution in [0.2, 0.25) is 5.02 Å². The fourth-order valence-electron chi connectivity index (χ4n) is 2.64. The highest BCUT2D eigenvalue weighted by Gasteiger charge is 2.11. The number of ether oxygens (including phenoxy) is 2. The molecule has 0 aliphatic rings. The molecule has 0 bridgehead atoms. The summed E-state index contributed by atoms with van der Waals surface area (Å²) in [6.07, 6.45) is 1.55. The molecule has 0 heterocycles. The molecule has 0 aliphatic carbocycles. The van der Waals surface area contributed by atoms with Crippen molar-refractivity contribution >= 4 is 55.6 Å². The van der Waals surface area contributed by atoms with E-state index in [9.17, 15) is 4.79 Å². The van der Waals surface area contributed by atoms with Crippen molar-refractivity contribution in [3.05, 3.63) is 91.3 Å².